The highest BCUT2D eigenvalue weighted by molar-refractivity contribution is 7.89. The fourth-order valence-electron chi connectivity index (χ4n) is 3.95. The molecule has 0 fully saturated rings. The molecular weight excluding hydrogens is 433 g/mol. The number of aryl methyl sites for hydroxylation is 2. The van der Waals surface area contributed by atoms with E-state index in [2.05, 4.69) is 15.3 Å². The predicted molar refractivity (Wildman–Crippen MR) is 114 cm³/mol. The van der Waals surface area contributed by atoms with Crippen LogP contribution in [0.1, 0.15) is 16.8 Å². The van der Waals surface area contributed by atoms with Gasteiger partial charge in [-0.1, -0.05) is 24.3 Å². The van der Waals surface area contributed by atoms with Crippen LogP contribution in [-0.2, 0) is 30.0 Å². The van der Waals surface area contributed by atoms with Crippen LogP contribution in [0.5, 0.6) is 0 Å². The lowest BCUT2D eigenvalue weighted by molar-refractivity contribution is 0.385. The molecule has 0 spiro atoms. The van der Waals surface area contributed by atoms with Crippen LogP contribution < -0.4 is 0 Å². The summed E-state index contributed by atoms with van der Waals surface area (Å²) in [6, 6.07) is 13.2. The normalized spacial score (nSPS) is 14.5. The van der Waals surface area contributed by atoms with Crippen LogP contribution in [0, 0.1) is 12.7 Å². The fourth-order valence-corrected chi connectivity index (χ4v) is 5.60. The first kappa shape index (κ1) is 20.5. The quantitative estimate of drug-likeness (QED) is 0.471. The predicted octanol–water partition coefficient (Wildman–Crippen LogP) is 3.33. The van der Waals surface area contributed by atoms with E-state index in [0.717, 1.165) is 17.3 Å². The van der Waals surface area contributed by atoms with Gasteiger partial charge >= 0.3 is 0 Å². The van der Waals surface area contributed by atoms with Crippen molar-refractivity contribution < 1.29 is 17.2 Å². The zero-order valence-electron chi connectivity index (χ0n) is 17.5. The lowest BCUT2D eigenvalue weighted by Gasteiger charge is -2.27. The van der Waals surface area contributed by atoms with E-state index in [9.17, 15) is 12.8 Å². The Bertz CT molecular complexity index is 1410. The largest absolute Gasteiger partial charge is 0.415 e. The molecule has 0 amide bonds. The summed E-state index contributed by atoms with van der Waals surface area (Å²) in [7, 11) is -2.09. The first-order valence-corrected chi connectivity index (χ1v) is 11.5. The summed E-state index contributed by atoms with van der Waals surface area (Å²) in [5.74, 6) is -0.00851. The Labute approximate surface area is 184 Å². The van der Waals surface area contributed by atoms with Gasteiger partial charge in [-0.15, -0.1) is 10.2 Å². The molecule has 2 aromatic heterocycles. The Balaban J connectivity index is 1.52. The number of hydrogen-bond acceptors (Lipinski definition) is 6. The lowest BCUT2D eigenvalue weighted by Crippen LogP contribution is -2.36. The van der Waals surface area contributed by atoms with Crippen LogP contribution in [-0.4, -0.2) is 39.2 Å². The molecule has 0 aliphatic carbocycles. The molecule has 1 aliphatic heterocycles. The smallest absolute Gasteiger partial charge is 0.268 e. The molecule has 0 saturated carbocycles. The van der Waals surface area contributed by atoms with Crippen LogP contribution in [0.4, 0.5) is 4.39 Å². The molecule has 5 rings (SSSR count). The van der Waals surface area contributed by atoms with Crippen molar-refractivity contribution in [3.05, 3.63) is 71.2 Å². The minimum Gasteiger partial charge on any atom is -0.415 e. The van der Waals surface area contributed by atoms with Gasteiger partial charge in [-0.05, 0) is 36.8 Å². The van der Waals surface area contributed by atoms with Crippen LogP contribution in [0.25, 0.3) is 23.0 Å². The molecule has 4 aromatic rings. The average molecular weight is 453 g/mol. The van der Waals surface area contributed by atoms with Crippen molar-refractivity contribution in [2.75, 3.05) is 6.54 Å². The third-order valence-electron chi connectivity index (χ3n) is 5.62. The SMILES string of the molecule is Cc1ccc(F)cc1S(=O)(=O)N1CCc2c(c(-c3nnc(-c4ccccc4)o3)nn2C)C1. The van der Waals surface area contributed by atoms with Crippen LogP contribution in [0.2, 0.25) is 0 Å². The number of aromatic nitrogens is 4. The van der Waals surface area contributed by atoms with E-state index >= 15 is 0 Å². The van der Waals surface area contributed by atoms with E-state index in [1.807, 2.05) is 30.3 Å². The molecule has 0 bridgehead atoms. The maximum Gasteiger partial charge on any atom is 0.268 e. The Morgan fingerprint density at radius 1 is 1.06 bits per heavy atom. The number of sulfonamides is 1. The highest BCUT2D eigenvalue weighted by Gasteiger charge is 2.34. The molecule has 1 aliphatic rings. The van der Waals surface area contributed by atoms with E-state index < -0.39 is 15.8 Å². The van der Waals surface area contributed by atoms with Gasteiger partial charge in [0.1, 0.15) is 5.82 Å². The van der Waals surface area contributed by atoms with Crippen molar-refractivity contribution in [1.82, 2.24) is 24.3 Å². The highest BCUT2D eigenvalue weighted by Crippen LogP contribution is 2.33. The Morgan fingerprint density at radius 2 is 1.81 bits per heavy atom. The van der Waals surface area contributed by atoms with Crippen LogP contribution in [0.3, 0.4) is 0 Å². The number of nitrogens with zero attached hydrogens (tertiary/aromatic N) is 5. The third kappa shape index (κ3) is 3.41. The van der Waals surface area contributed by atoms with Gasteiger partial charge in [0.05, 0.1) is 4.90 Å². The number of benzene rings is 2. The Hall–Kier alpha value is -3.37. The maximum absolute atomic E-state index is 13.8. The number of fused-ring (bicyclic) bond motifs is 1. The van der Waals surface area contributed by atoms with E-state index in [-0.39, 0.29) is 23.9 Å². The second-order valence-corrected chi connectivity index (χ2v) is 9.58. The lowest BCUT2D eigenvalue weighted by atomic mass is 10.1. The summed E-state index contributed by atoms with van der Waals surface area (Å²) >= 11 is 0. The van der Waals surface area contributed by atoms with Gasteiger partial charge in [0, 0.05) is 43.4 Å². The van der Waals surface area contributed by atoms with Gasteiger partial charge in [-0.2, -0.15) is 9.40 Å². The molecular formula is C22H20FN5O3S. The van der Waals surface area contributed by atoms with Crippen LogP contribution >= 0.6 is 0 Å². The molecule has 0 radical (unpaired) electrons. The minimum absolute atomic E-state index is 0.0319. The molecule has 2 aromatic carbocycles. The summed E-state index contributed by atoms with van der Waals surface area (Å²) in [4.78, 5) is -0.0319. The van der Waals surface area contributed by atoms with Gasteiger partial charge in [0.2, 0.25) is 15.9 Å². The van der Waals surface area contributed by atoms with Crippen molar-refractivity contribution in [1.29, 1.82) is 0 Å². The zero-order chi connectivity index (χ0) is 22.5. The average Bonchev–Trinajstić information content (AvgIpc) is 3.41. The molecule has 0 atom stereocenters. The molecule has 10 heteroatoms. The second-order valence-electron chi connectivity index (χ2n) is 7.67. The zero-order valence-corrected chi connectivity index (χ0v) is 18.3. The van der Waals surface area contributed by atoms with E-state index in [1.165, 1.54) is 16.4 Å². The first-order valence-electron chi connectivity index (χ1n) is 10.0. The summed E-state index contributed by atoms with van der Waals surface area (Å²) in [6.07, 6.45) is 0.464. The highest BCUT2D eigenvalue weighted by atomic mass is 32.2. The summed E-state index contributed by atoms with van der Waals surface area (Å²) in [5, 5.41) is 12.8. The summed E-state index contributed by atoms with van der Waals surface area (Å²) in [5.41, 5.74) is 3.34. The molecule has 8 nitrogen and oxygen atoms in total. The number of hydrogen-bond donors (Lipinski definition) is 0. The van der Waals surface area contributed by atoms with E-state index in [0.29, 0.717) is 29.1 Å². The van der Waals surface area contributed by atoms with Crippen LogP contribution in [0.15, 0.2) is 57.8 Å². The summed E-state index contributed by atoms with van der Waals surface area (Å²) < 4.78 is 49.3. The van der Waals surface area contributed by atoms with Gasteiger partial charge in [0.25, 0.3) is 5.89 Å². The van der Waals surface area contributed by atoms with Gasteiger partial charge in [-0.25, -0.2) is 12.8 Å². The van der Waals surface area contributed by atoms with Crippen molar-refractivity contribution >= 4 is 10.0 Å². The molecule has 3 heterocycles. The van der Waals surface area contributed by atoms with Gasteiger partial charge < -0.3 is 4.42 Å². The van der Waals surface area contributed by atoms with Gasteiger partial charge in [-0.3, -0.25) is 4.68 Å². The molecule has 164 valence electrons. The molecule has 0 saturated heterocycles. The monoisotopic (exact) mass is 453 g/mol. The minimum atomic E-state index is -3.90. The molecule has 0 N–H and O–H groups in total. The van der Waals surface area contributed by atoms with Crippen molar-refractivity contribution in [2.24, 2.45) is 7.05 Å². The second kappa shape index (κ2) is 7.64. The maximum atomic E-state index is 13.8. The Morgan fingerprint density at radius 3 is 2.59 bits per heavy atom. The van der Waals surface area contributed by atoms with Gasteiger partial charge in [0.15, 0.2) is 5.69 Å². The fraction of sp³-hybridized carbons (Fsp3) is 0.227. The summed E-state index contributed by atoms with van der Waals surface area (Å²) in [6.45, 7) is 2.00. The third-order valence-corrected chi connectivity index (χ3v) is 7.61. The van der Waals surface area contributed by atoms with Crippen molar-refractivity contribution in [3.8, 4) is 23.0 Å². The van der Waals surface area contributed by atoms with E-state index in [4.69, 9.17) is 4.42 Å². The van der Waals surface area contributed by atoms with Crippen molar-refractivity contribution in [3.63, 3.8) is 0 Å². The Kier molecular flexibility index (Phi) is 4.90. The topological polar surface area (TPSA) is 94.1 Å². The number of halogens is 1. The van der Waals surface area contributed by atoms with E-state index in [1.54, 1.807) is 18.7 Å². The number of rotatable bonds is 4. The molecule has 0 unspecified atom stereocenters. The first-order chi connectivity index (χ1) is 15.3. The molecule has 32 heavy (non-hydrogen) atoms. The standard InChI is InChI=1S/C22H20FN5O3S/c1-14-8-9-16(23)12-19(14)32(29,30)28-11-10-18-17(13-28)20(26-27(18)2)22-25-24-21(31-22)15-6-4-3-5-7-15/h3-9,12H,10-11,13H2,1-2H3. The van der Waals surface area contributed by atoms with Crippen molar-refractivity contribution in [2.45, 2.75) is 24.8 Å².